The standard InChI is InChI=1S/C12H22N2O2.ClH/c1-12(2,3)16-11(15)14-5-4-9-8(7-13)6-10(9)14;/h8-10H,4-7,13H2,1-3H3;1H. The van der Waals surface area contributed by atoms with Crippen molar-refractivity contribution in [1.29, 1.82) is 0 Å². The molecule has 100 valence electrons. The lowest BCUT2D eigenvalue weighted by molar-refractivity contribution is 0.00379. The van der Waals surface area contributed by atoms with E-state index in [1.165, 1.54) is 0 Å². The molecule has 0 spiro atoms. The van der Waals surface area contributed by atoms with E-state index in [-0.39, 0.29) is 18.5 Å². The second kappa shape index (κ2) is 5.02. The molecule has 3 unspecified atom stereocenters. The van der Waals surface area contributed by atoms with E-state index in [9.17, 15) is 4.79 Å². The first-order chi connectivity index (χ1) is 7.42. The fraction of sp³-hybridized carbons (Fsp3) is 0.917. The third-order valence-electron chi connectivity index (χ3n) is 3.68. The molecule has 0 bridgehead atoms. The van der Waals surface area contributed by atoms with Crippen LogP contribution in [-0.2, 0) is 4.74 Å². The fourth-order valence-electron chi connectivity index (χ4n) is 2.84. The molecule has 3 atom stereocenters. The second-order valence-corrected chi connectivity index (χ2v) is 5.93. The molecule has 1 amide bonds. The Kier molecular flexibility index (Phi) is 4.31. The van der Waals surface area contributed by atoms with Crippen LogP contribution in [0.4, 0.5) is 4.79 Å². The van der Waals surface area contributed by atoms with Gasteiger partial charge in [-0.3, -0.25) is 0 Å². The molecule has 2 fully saturated rings. The molecule has 2 aliphatic rings. The molecule has 1 saturated carbocycles. The molecular formula is C12H23ClN2O2. The molecular weight excluding hydrogens is 240 g/mol. The number of halogens is 1. The van der Waals surface area contributed by atoms with Gasteiger partial charge in [-0.1, -0.05) is 0 Å². The number of ether oxygens (including phenoxy) is 1. The molecule has 0 aromatic carbocycles. The summed E-state index contributed by atoms with van der Waals surface area (Å²) in [5, 5.41) is 0. The maximum absolute atomic E-state index is 11.9. The number of nitrogens with two attached hydrogens (primary N) is 1. The smallest absolute Gasteiger partial charge is 0.410 e. The molecule has 0 aromatic rings. The third-order valence-corrected chi connectivity index (χ3v) is 3.68. The van der Waals surface area contributed by atoms with Crippen LogP contribution in [0.2, 0.25) is 0 Å². The number of rotatable bonds is 1. The molecule has 17 heavy (non-hydrogen) atoms. The van der Waals surface area contributed by atoms with E-state index in [1.807, 2.05) is 25.7 Å². The van der Waals surface area contributed by atoms with Crippen molar-refractivity contribution in [3.8, 4) is 0 Å². The predicted octanol–water partition coefficient (Wildman–Crippen LogP) is 2.01. The van der Waals surface area contributed by atoms with Crippen LogP contribution in [0.3, 0.4) is 0 Å². The SMILES string of the molecule is CC(C)(C)OC(=O)N1CCC2C(CN)CC21.Cl. The van der Waals surface area contributed by atoms with Crippen LogP contribution in [0, 0.1) is 11.8 Å². The number of carbonyl (C=O) groups is 1. The number of nitrogens with zero attached hydrogens (tertiary/aromatic N) is 1. The lowest BCUT2D eigenvalue weighted by atomic mass is 9.70. The summed E-state index contributed by atoms with van der Waals surface area (Å²) in [6.45, 7) is 7.30. The molecule has 1 aliphatic carbocycles. The van der Waals surface area contributed by atoms with Crippen LogP contribution in [0.15, 0.2) is 0 Å². The van der Waals surface area contributed by atoms with E-state index in [0.29, 0.717) is 17.9 Å². The first kappa shape index (κ1) is 14.6. The van der Waals surface area contributed by atoms with Crippen LogP contribution >= 0.6 is 12.4 Å². The highest BCUT2D eigenvalue weighted by molar-refractivity contribution is 5.85. The Morgan fingerprint density at radius 2 is 2.12 bits per heavy atom. The second-order valence-electron chi connectivity index (χ2n) is 5.93. The molecule has 0 radical (unpaired) electrons. The van der Waals surface area contributed by atoms with Gasteiger partial charge < -0.3 is 15.4 Å². The Labute approximate surface area is 109 Å². The minimum atomic E-state index is -0.397. The van der Waals surface area contributed by atoms with Gasteiger partial charge in [-0.15, -0.1) is 12.4 Å². The highest BCUT2D eigenvalue weighted by Crippen LogP contribution is 2.45. The Balaban J connectivity index is 0.00000144. The Hall–Kier alpha value is -0.480. The van der Waals surface area contributed by atoms with Crippen LogP contribution in [-0.4, -0.2) is 35.7 Å². The fourth-order valence-corrected chi connectivity index (χ4v) is 2.84. The van der Waals surface area contributed by atoms with Crippen molar-refractivity contribution in [2.75, 3.05) is 13.1 Å². The van der Waals surface area contributed by atoms with Gasteiger partial charge in [-0.2, -0.15) is 0 Å². The Bertz CT molecular complexity index is 291. The topological polar surface area (TPSA) is 55.6 Å². The number of hydrogen-bond donors (Lipinski definition) is 1. The van der Waals surface area contributed by atoms with Crippen molar-refractivity contribution in [2.45, 2.75) is 45.3 Å². The summed E-state index contributed by atoms with van der Waals surface area (Å²) in [4.78, 5) is 13.8. The van der Waals surface area contributed by atoms with Crippen LogP contribution in [0.5, 0.6) is 0 Å². The zero-order chi connectivity index (χ0) is 11.9. The van der Waals surface area contributed by atoms with Crippen LogP contribution < -0.4 is 5.73 Å². The summed E-state index contributed by atoms with van der Waals surface area (Å²) in [5.41, 5.74) is 5.28. The van der Waals surface area contributed by atoms with E-state index in [0.717, 1.165) is 25.9 Å². The van der Waals surface area contributed by atoms with Crippen molar-refractivity contribution >= 4 is 18.5 Å². The van der Waals surface area contributed by atoms with Crippen molar-refractivity contribution in [3.05, 3.63) is 0 Å². The highest BCUT2D eigenvalue weighted by atomic mass is 35.5. The summed E-state index contributed by atoms with van der Waals surface area (Å²) < 4.78 is 5.40. The van der Waals surface area contributed by atoms with Gasteiger partial charge in [0, 0.05) is 12.6 Å². The van der Waals surface area contributed by atoms with E-state index in [4.69, 9.17) is 10.5 Å². The molecule has 2 rings (SSSR count). The highest BCUT2D eigenvalue weighted by Gasteiger charge is 2.49. The van der Waals surface area contributed by atoms with E-state index in [2.05, 4.69) is 0 Å². The zero-order valence-electron chi connectivity index (χ0n) is 10.8. The molecule has 1 saturated heterocycles. The summed E-state index contributed by atoms with van der Waals surface area (Å²) in [6.07, 6.45) is 1.99. The molecule has 4 nitrogen and oxygen atoms in total. The molecule has 5 heteroatoms. The van der Waals surface area contributed by atoms with Crippen LogP contribution in [0.1, 0.15) is 33.6 Å². The predicted molar refractivity (Wildman–Crippen MR) is 69.2 cm³/mol. The first-order valence-electron chi connectivity index (χ1n) is 6.12. The third kappa shape index (κ3) is 2.86. The van der Waals surface area contributed by atoms with Crippen molar-refractivity contribution in [2.24, 2.45) is 17.6 Å². The van der Waals surface area contributed by atoms with Gasteiger partial charge in [0.25, 0.3) is 0 Å². The lowest BCUT2D eigenvalue weighted by Crippen LogP contribution is -2.51. The van der Waals surface area contributed by atoms with Gasteiger partial charge >= 0.3 is 6.09 Å². The maximum Gasteiger partial charge on any atom is 0.410 e. The molecule has 1 heterocycles. The minimum absolute atomic E-state index is 0. The van der Waals surface area contributed by atoms with Gasteiger partial charge in [0.2, 0.25) is 0 Å². The summed E-state index contributed by atoms with van der Waals surface area (Å²) >= 11 is 0. The normalized spacial score (nSPS) is 31.3. The summed E-state index contributed by atoms with van der Waals surface area (Å²) in [6, 6.07) is 0.392. The lowest BCUT2D eigenvalue weighted by Gasteiger charge is -2.43. The van der Waals surface area contributed by atoms with Gasteiger partial charge in [0.15, 0.2) is 0 Å². The van der Waals surface area contributed by atoms with Gasteiger partial charge in [-0.25, -0.2) is 4.79 Å². The van der Waals surface area contributed by atoms with Crippen molar-refractivity contribution < 1.29 is 9.53 Å². The molecule has 1 aliphatic heterocycles. The molecule has 0 aromatic heterocycles. The average molecular weight is 263 g/mol. The van der Waals surface area contributed by atoms with Crippen LogP contribution in [0.25, 0.3) is 0 Å². The summed E-state index contributed by atoms with van der Waals surface area (Å²) in [7, 11) is 0. The zero-order valence-corrected chi connectivity index (χ0v) is 11.6. The monoisotopic (exact) mass is 262 g/mol. The number of likely N-dealkylation sites (tertiary alicyclic amines) is 1. The van der Waals surface area contributed by atoms with Crippen molar-refractivity contribution in [1.82, 2.24) is 4.90 Å². The van der Waals surface area contributed by atoms with Crippen molar-refractivity contribution in [3.63, 3.8) is 0 Å². The number of amides is 1. The average Bonchev–Trinajstić information content (AvgIpc) is 2.41. The van der Waals surface area contributed by atoms with Gasteiger partial charge in [-0.05, 0) is 52.0 Å². The summed E-state index contributed by atoms with van der Waals surface area (Å²) in [5.74, 6) is 1.25. The quantitative estimate of drug-likeness (QED) is 0.787. The number of carbonyl (C=O) groups excluding carboxylic acids is 1. The van der Waals surface area contributed by atoms with E-state index in [1.54, 1.807) is 0 Å². The van der Waals surface area contributed by atoms with E-state index >= 15 is 0 Å². The van der Waals surface area contributed by atoms with Gasteiger partial charge in [0.05, 0.1) is 0 Å². The largest absolute Gasteiger partial charge is 0.444 e. The number of fused-ring (bicyclic) bond motifs is 1. The number of hydrogen-bond acceptors (Lipinski definition) is 3. The Morgan fingerprint density at radius 1 is 1.47 bits per heavy atom. The minimum Gasteiger partial charge on any atom is -0.444 e. The maximum atomic E-state index is 11.9. The molecule has 2 N–H and O–H groups in total. The Morgan fingerprint density at radius 3 is 2.65 bits per heavy atom. The first-order valence-corrected chi connectivity index (χ1v) is 6.12. The van der Waals surface area contributed by atoms with Gasteiger partial charge in [0.1, 0.15) is 5.60 Å². The van der Waals surface area contributed by atoms with E-state index < -0.39 is 5.60 Å².